The highest BCUT2D eigenvalue weighted by Crippen LogP contribution is 2.19. The van der Waals surface area contributed by atoms with Crippen molar-refractivity contribution in [3.05, 3.63) is 36.0 Å². The monoisotopic (exact) mass is 259 g/mol. The number of benzene rings is 1. The van der Waals surface area contributed by atoms with Gasteiger partial charge in [-0.25, -0.2) is 4.79 Å². The van der Waals surface area contributed by atoms with Gasteiger partial charge in [-0.15, -0.1) is 0 Å². The number of hydrogen-bond donors (Lipinski definition) is 2. The van der Waals surface area contributed by atoms with Crippen molar-refractivity contribution in [1.82, 2.24) is 9.88 Å². The molecule has 2 heterocycles. The van der Waals surface area contributed by atoms with E-state index in [-0.39, 0.29) is 12.1 Å². The third-order valence-electron chi connectivity index (χ3n) is 3.64. The Labute approximate surface area is 111 Å². The maximum atomic E-state index is 11.6. The van der Waals surface area contributed by atoms with Crippen LogP contribution in [0.25, 0.3) is 10.9 Å². The molecule has 1 unspecified atom stereocenters. The maximum absolute atomic E-state index is 11.6. The van der Waals surface area contributed by atoms with Crippen LogP contribution in [0.15, 0.2) is 30.5 Å². The Bertz CT molecular complexity index is 593. The Morgan fingerprint density at radius 1 is 1.42 bits per heavy atom. The van der Waals surface area contributed by atoms with Gasteiger partial charge >= 0.3 is 6.09 Å². The van der Waals surface area contributed by atoms with Gasteiger partial charge in [0.15, 0.2) is 0 Å². The molecule has 1 aromatic heterocycles. The quantitative estimate of drug-likeness (QED) is 0.873. The number of hydrogen-bond acceptors (Lipinski definition) is 3. The highest BCUT2D eigenvalue weighted by Gasteiger charge is 2.31. The molecule has 1 aromatic carbocycles. The first-order valence-electron chi connectivity index (χ1n) is 6.48. The van der Waals surface area contributed by atoms with E-state index in [2.05, 4.69) is 11.1 Å². The van der Waals surface area contributed by atoms with Crippen LogP contribution in [0, 0.1) is 0 Å². The summed E-state index contributed by atoms with van der Waals surface area (Å²) in [6.45, 7) is 1.49. The highest BCUT2D eigenvalue weighted by molar-refractivity contribution is 5.83. The van der Waals surface area contributed by atoms with Gasteiger partial charge in [-0.2, -0.15) is 0 Å². The van der Waals surface area contributed by atoms with Crippen LogP contribution in [0.4, 0.5) is 4.79 Å². The van der Waals surface area contributed by atoms with Crippen molar-refractivity contribution in [2.45, 2.75) is 12.5 Å². The molecule has 5 nitrogen and oxygen atoms in total. The molecule has 0 spiro atoms. The van der Waals surface area contributed by atoms with Crippen LogP contribution < -0.4 is 5.73 Å². The normalized spacial score (nSPS) is 19.1. The van der Waals surface area contributed by atoms with Gasteiger partial charge < -0.3 is 20.4 Å². The molecule has 0 saturated carbocycles. The topological polar surface area (TPSA) is 71.3 Å². The molecule has 0 aliphatic carbocycles. The largest absolute Gasteiger partial charge is 0.447 e. The number of fused-ring (bicyclic) bond motifs is 1. The van der Waals surface area contributed by atoms with Gasteiger partial charge in [-0.3, -0.25) is 0 Å². The highest BCUT2D eigenvalue weighted by atomic mass is 16.6. The van der Waals surface area contributed by atoms with Gasteiger partial charge in [-0.05, 0) is 18.1 Å². The predicted octanol–water partition coefficient (Wildman–Crippen LogP) is 1.49. The summed E-state index contributed by atoms with van der Waals surface area (Å²) < 4.78 is 5.03. The number of carbonyl (C=O) groups is 1. The van der Waals surface area contributed by atoms with Gasteiger partial charge in [-0.1, -0.05) is 18.2 Å². The molecule has 100 valence electrons. The Morgan fingerprint density at radius 2 is 2.26 bits per heavy atom. The molecule has 1 amide bonds. The molecule has 1 aliphatic heterocycles. The summed E-state index contributed by atoms with van der Waals surface area (Å²) in [7, 11) is 0. The second-order valence-corrected chi connectivity index (χ2v) is 4.77. The second kappa shape index (κ2) is 4.93. The fourth-order valence-corrected chi connectivity index (χ4v) is 2.54. The van der Waals surface area contributed by atoms with Gasteiger partial charge in [0.05, 0.1) is 6.04 Å². The number of amides is 1. The number of aromatic amines is 1. The van der Waals surface area contributed by atoms with E-state index >= 15 is 0 Å². The zero-order valence-corrected chi connectivity index (χ0v) is 10.6. The molecule has 19 heavy (non-hydrogen) atoms. The fraction of sp³-hybridized carbons (Fsp3) is 0.357. The lowest BCUT2D eigenvalue weighted by Gasteiger charge is -2.19. The number of nitrogens with two attached hydrogens (primary N) is 1. The first kappa shape index (κ1) is 12.0. The Balaban J connectivity index is 1.74. The summed E-state index contributed by atoms with van der Waals surface area (Å²) >= 11 is 0. The summed E-state index contributed by atoms with van der Waals surface area (Å²) in [5.74, 6) is 0. The van der Waals surface area contributed by atoms with E-state index in [4.69, 9.17) is 10.5 Å². The van der Waals surface area contributed by atoms with Gasteiger partial charge in [0.1, 0.15) is 6.61 Å². The predicted molar refractivity (Wildman–Crippen MR) is 72.9 cm³/mol. The van der Waals surface area contributed by atoms with Crippen LogP contribution in [-0.4, -0.2) is 41.7 Å². The first-order valence-corrected chi connectivity index (χ1v) is 6.48. The zero-order valence-electron chi connectivity index (χ0n) is 10.6. The third kappa shape index (κ3) is 2.17. The van der Waals surface area contributed by atoms with E-state index in [9.17, 15) is 4.79 Å². The lowest BCUT2D eigenvalue weighted by Crippen LogP contribution is -2.39. The fourth-order valence-electron chi connectivity index (χ4n) is 2.54. The standard InChI is InChI=1S/C14H17N3O2/c15-7-11-9-19-14(18)17(11)6-5-10-8-16-13-4-2-1-3-12(10)13/h1-4,8,11,16H,5-7,9,15H2. The van der Waals surface area contributed by atoms with E-state index < -0.39 is 0 Å². The van der Waals surface area contributed by atoms with Crippen LogP contribution >= 0.6 is 0 Å². The molecule has 3 N–H and O–H groups in total. The van der Waals surface area contributed by atoms with E-state index in [1.54, 1.807) is 4.90 Å². The number of aromatic nitrogens is 1. The smallest absolute Gasteiger partial charge is 0.410 e. The van der Waals surface area contributed by atoms with E-state index in [1.807, 2.05) is 24.4 Å². The molecular weight excluding hydrogens is 242 g/mol. The molecule has 1 aliphatic rings. The average molecular weight is 259 g/mol. The molecule has 1 saturated heterocycles. The van der Waals surface area contributed by atoms with E-state index in [1.165, 1.54) is 10.9 Å². The van der Waals surface area contributed by atoms with Crippen molar-refractivity contribution in [3.8, 4) is 0 Å². The SMILES string of the molecule is NCC1COC(=O)N1CCc1c[nH]c2ccccc12. The van der Waals surface area contributed by atoms with Crippen LogP contribution in [0.5, 0.6) is 0 Å². The zero-order chi connectivity index (χ0) is 13.2. The Kier molecular flexibility index (Phi) is 3.13. The van der Waals surface area contributed by atoms with Crippen molar-refractivity contribution in [2.75, 3.05) is 19.7 Å². The minimum Gasteiger partial charge on any atom is -0.447 e. The minimum atomic E-state index is -0.254. The molecule has 2 aromatic rings. The van der Waals surface area contributed by atoms with Crippen LogP contribution in [0.2, 0.25) is 0 Å². The minimum absolute atomic E-state index is 0.0118. The number of nitrogens with zero attached hydrogens (tertiary/aromatic N) is 1. The summed E-state index contributed by atoms with van der Waals surface area (Å²) in [6, 6.07) is 8.17. The molecule has 0 bridgehead atoms. The summed E-state index contributed by atoms with van der Waals surface area (Å²) in [5, 5.41) is 1.21. The van der Waals surface area contributed by atoms with E-state index in [0.29, 0.717) is 19.7 Å². The molecule has 3 rings (SSSR count). The number of rotatable bonds is 4. The van der Waals surface area contributed by atoms with Crippen molar-refractivity contribution < 1.29 is 9.53 Å². The average Bonchev–Trinajstić information content (AvgIpc) is 3.00. The number of cyclic esters (lactones) is 1. The van der Waals surface area contributed by atoms with Crippen molar-refractivity contribution in [1.29, 1.82) is 0 Å². The lowest BCUT2D eigenvalue weighted by molar-refractivity contribution is 0.158. The number of H-pyrrole nitrogens is 1. The van der Waals surface area contributed by atoms with Crippen LogP contribution in [0.3, 0.4) is 0 Å². The van der Waals surface area contributed by atoms with Crippen molar-refractivity contribution in [3.63, 3.8) is 0 Å². The lowest BCUT2D eigenvalue weighted by atomic mass is 10.1. The molecular formula is C14H17N3O2. The summed E-state index contributed by atoms with van der Waals surface area (Å²) in [4.78, 5) is 16.6. The first-order chi connectivity index (χ1) is 9.29. The number of carbonyl (C=O) groups excluding carboxylic acids is 1. The maximum Gasteiger partial charge on any atom is 0.410 e. The number of ether oxygens (including phenoxy) is 1. The number of nitrogens with one attached hydrogen (secondary N) is 1. The summed E-state index contributed by atoms with van der Waals surface area (Å²) in [6.07, 6.45) is 2.55. The summed E-state index contributed by atoms with van der Waals surface area (Å²) in [5.41, 5.74) is 7.98. The van der Waals surface area contributed by atoms with Crippen molar-refractivity contribution in [2.24, 2.45) is 5.73 Å². The van der Waals surface area contributed by atoms with E-state index in [0.717, 1.165) is 11.9 Å². The van der Waals surface area contributed by atoms with Crippen LogP contribution in [-0.2, 0) is 11.2 Å². The second-order valence-electron chi connectivity index (χ2n) is 4.77. The Morgan fingerprint density at radius 3 is 3.11 bits per heavy atom. The van der Waals surface area contributed by atoms with Gasteiger partial charge in [0.25, 0.3) is 0 Å². The Hall–Kier alpha value is -2.01. The molecule has 0 radical (unpaired) electrons. The van der Waals surface area contributed by atoms with Crippen molar-refractivity contribution >= 4 is 17.0 Å². The van der Waals surface area contributed by atoms with Gasteiger partial charge in [0, 0.05) is 30.2 Å². The molecule has 1 fully saturated rings. The van der Waals surface area contributed by atoms with Gasteiger partial charge in [0.2, 0.25) is 0 Å². The number of para-hydroxylation sites is 1. The molecule has 5 heteroatoms. The third-order valence-corrected chi connectivity index (χ3v) is 3.64. The molecule has 1 atom stereocenters. The van der Waals surface area contributed by atoms with Crippen LogP contribution in [0.1, 0.15) is 5.56 Å².